The molecule has 1 heterocycles. The molecule has 0 aliphatic carbocycles. The molecule has 0 aromatic carbocycles. The van der Waals surface area contributed by atoms with Gasteiger partial charge in [-0.3, -0.25) is 0 Å². The summed E-state index contributed by atoms with van der Waals surface area (Å²) in [5.74, 6) is 0. The summed E-state index contributed by atoms with van der Waals surface area (Å²) in [5, 5.41) is 0. The third-order valence-corrected chi connectivity index (χ3v) is 2.20. The predicted molar refractivity (Wildman–Crippen MR) is 40.8 cm³/mol. The van der Waals surface area contributed by atoms with Crippen molar-refractivity contribution in [3.05, 3.63) is 17.1 Å². The highest BCUT2D eigenvalue weighted by Gasteiger charge is 2.14. The molecule has 1 nitrogen and oxygen atoms in total. The Bertz CT molecular complexity index is 224. The van der Waals surface area contributed by atoms with Crippen molar-refractivity contribution in [2.45, 2.75) is 26.2 Å². The Morgan fingerprint density at radius 1 is 1.67 bits per heavy atom. The quantitative estimate of drug-likeness (QED) is 0.542. The Kier molecular flexibility index (Phi) is 1.27. The Morgan fingerprint density at radius 3 is 2.56 bits per heavy atom. The monoisotopic (exact) mass is 142 g/mol. The van der Waals surface area contributed by atoms with Gasteiger partial charge in [-0.2, -0.15) is 0 Å². The van der Waals surface area contributed by atoms with Gasteiger partial charge >= 0.3 is 0 Å². The SMILES string of the molecule is [2H]c1cnsc1C(C)(C)C. The molecule has 1 aromatic heterocycles. The molecule has 0 amide bonds. The number of rotatable bonds is 0. The minimum atomic E-state index is 0.0816. The lowest BCUT2D eigenvalue weighted by Crippen LogP contribution is -2.07. The van der Waals surface area contributed by atoms with Crippen molar-refractivity contribution in [3.63, 3.8) is 0 Å². The van der Waals surface area contributed by atoms with Crippen LogP contribution >= 0.6 is 11.5 Å². The van der Waals surface area contributed by atoms with Crippen LogP contribution in [0.2, 0.25) is 0 Å². The van der Waals surface area contributed by atoms with Gasteiger partial charge < -0.3 is 0 Å². The Balaban J connectivity index is 3.05. The summed E-state index contributed by atoms with van der Waals surface area (Å²) >= 11 is 1.42. The fourth-order valence-corrected chi connectivity index (χ4v) is 1.13. The van der Waals surface area contributed by atoms with Crippen LogP contribution in [0.3, 0.4) is 0 Å². The van der Waals surface area contributed by atoms with Gasteiger partial charge in [0.15, 0.2) is 0 Å². The van der Waals surface area contributed by atoms with E-state index < -0.39 is 0 Å². The molecular formula is C7H11NS. The molecule has 0 N–H and O–H groups in total. The van der Waals surface area contributed by atoms with E-state index in [2.05, 4.69) is 25.1 Å². The standard InChI is InChI=1S/C7H11NS/c1-7(2,3)6-4-5-8-9-6/h4-5H,1-3H3/i4D. The molecular weight excluding hydrogens is 130 g/mol. The molecule has 0 aliphatic heterocycles. The Hall–Kier alpha value is -0.370. The first-order valence-corrected chi connectivity index (χ1v) is 3.71. The van der Waals surface area contributed by atoms with E-state index in [9.17, 15) is 0 Å². The van der Waals surface area contributed by atoms with Gasteiger partial charge in [0.2, 0.25) is 0 Å². The maximum absolute atomic E-state index is 7.45. The van der Waals surface area contributed by atoms with Crippen LogP contribution in [0.5, 0.6) is 0 Å². The van der Waals surface area contributed by atoms with Gasteiger partial charge in [-0.1, -0.05) is 20.8 Å². The van der Waals surface area contributed by atoms with E-state index in [4.69, 9.17) is 1.37 Å². The van der Waals surface area contributed by atoms with Crippen LogP contribution in [-0.2, 0) is 5.41 Å². The molecule has 0 unspecified atom stereocenters. The second-order valence-electron chi connectivity index (χ2n) is 3.05. The topological polar surface area (TPSA) is 12.9 Å². The van der Waals surface area contributed by atoms with Crippen LogP contribution in [0.1, 0.15) is 27.0 Å². The first-order valence-electron chi connectivity index (χ1n) is 3.43. The summed E-state index contributed by atoms with van der Waals surface area (Å²) in [5.41, 5.74) is 0.0816. The molecule has 1 rings (SSSR count). The summed E-state index contributed by atoms with van der Waals surface area (Å²) < 4.78 is 11.4. The van der Waals surface area contributed by atoms with Crippen LogP contribution < -0.4 is 0 Å². The summed E-state index contributed by atoms with van der Waals surface area (Å²) in [6.07, 6.45) is 1.60. The fourth-order valence-electron chi connectivity index (χ4n) is 0.544. The zero-order valence-corrected chi connectivity index (χ0v) is 6.75. The van der Waals surface area contributed by atoms with Crippen molar-refractivity contribution < 1.29 is 1.37 Å². The van der Waals surface area contributed by atoms with E-state index in [1.54, 1.807) is 6.20 Å². The molecule has 0 spiro atoms. The minimum Gasteiger partial charge on any atom is -0.201 e. The van der Waals surface area contributed by atoms with E-state index >= 15 is 0 Å². The van der Waals surface area contributed by atoms with E-state index in [-0.39, 0.29) is 5.41 Å². The van der Waals surface area contributed by atoms with Crippen LogP contribution in [-0.4, -0.2) is 4.37 Å². The lowest BCUT2D eigenvalue weighted by atomic mass is 9.95. The van der Waals surface area contributed by atoms with Gasteiger partial charge in [-0.05, 0) is 23.0 Å². The largest absolute Gasteiger partial charge is 0.201 e. The van der Waals surface area contributed by atoms with E-state index in [1.807, 2.05) is 0 Å². The smallest absolute Gasteiger partial charge is 0.0652 e. The molecule has 1 aromatic rings. The molecule has 0 aliphatic rings. The zero-order valence-electron chi connectivity index (χ0n) is 6.93. The molecule has 0 saturated heterocycles. The van der Waals surface area contributed by atoms with Gasteiger partial charge in [0, 0.05) is 11.1 Å². The first kappa shape index (κ1) is 5.42. The van der Waals surface area contributed by atoms with Crippen LogP contribution in [0.4, 0.5) is 0 Å². The van der Waals surface area contributed by atoms with Crippen molar-refractivity contribution in [1.29, 1.82) is 0 Å². The molecule has 0 atom stereocenters. The highest BCUT2D eigenvalue weighted by atomic mass is 32.1. The highest BCUT2D eigenvalue weighted by molar-refractivity contribution is 7.05. The highest BCUT2D eigenvalue weighted by Crippen LogP contribution is 2.24. The fraction of sp³-hybridized carbons (Fsp3) is 0.571. The summed E-state index contributed by atoms with van der Waals surface area (Å²) in [6.45, 7) is 6.29. The number of hydrogen-bond donors (Lipinski definition) is 0. The lowest BCUT2D eigenvalue weighted by Gasteiger charge is -2.13. The average Bonchev–Trinajstić information content (AvgIpc) is 2.11. The molecule has 0 bridgehead atoms. The molecule has 2 heteroatoms. The number of nitrogens with zero attached hydrogens (tertiary/aromatic N) is 1. The predicted octanol–water partition coefficient (Wildman–Crippen LogP) is 2.44. The summed E-state index contributed by atoms with van der Waals surface area (Å²) in [7, 11) is 0. The maximum Gasteiger partial charge on any atom is 0.0652 e. The van der Waals surface area contributed by atoms with Crippen LogP contribution in [0, 0.1) is 0 Å². The first-order chi connectivity index (χ1) is 4.52. The third kappa shape index (κ3) is 1.52. The average molecular weight is 142 g/mol. The van der Waals surface area contributed by atoms with Crippen molar-refractivity contribution in [3.8, 4) is 0 Å². The van der Waals surface area contributed by atoms with Gasteiger partial charge in [0.1, 0.15) is 0 Å². The molecule has 9 heavy (non-hydrogen) atoms. The zero-order chi connectivity index (χ0) is 7.78. The summed E-state index contributed by atoms with van der Waals surface area (Å²) in [4.78, 5) is 1.06. The van der Waals surface area contributed by atoms with Crippen LogP contribution in [0.25, 0.3) is 0 Å². The minimum absolute atomic E-state index is 0.0816. The van der Waals surface area contributed by atoms with Gasteiger partial charge in [0.25, 0.3) is 0 Å². The third-order valence-electron chi connectivity index (χ3n) is 1.07. The Morgan fingerprint density at radius 2 is 2.33 bits per heavy atom. The maximum atomic E-state index is 7.45. The van der Waals surface area contributed by atoms with Crippen molar-refractivity contribution in [2.24, 2.45) is 0 Å². The molecule has 0 saturated carbocycles. The Labute approximate surface area is 61.3 Å². The van der Waals surface area contributed by atoms with Gasteiger partial charge in [-0.25, -0.2) is 4.37 Å². The lowest BCUT2D eigenvalue weighted by molar-refractivity contribution is 0.604. The molecule has 50 valence electrons. The van der Waals surface area contributed by atoms with E-state index in [0.717, 1.165) is 4.88 Å². The van der Waals surface area contributed by atoms with Crippen molar-refractivity contribution >= 4 is 11.5 Å². The van der Waals surface area contributed by atoms with E-state index in [0.29, 0.717) is 6.04 Å². The summed E-state index contributed by atoms with van der Waals surface area (Å²) in [6, 6.07) is 0.567. The molecule has 0 radical (unpaired) electrons. The van der Waals surface area contributed by atoms with Crippen LogP contribution in [0.15, 0.2) is 12.2 Å². The van der Waals surface area contributed by atoms with Crippen molar-refractivity contribution in [2.75, 3.05) is 0 Å². The van der Waals surface area contributed by atoms with E-state index in [1.165, 1.54) is 11.5 Å². The second kappa shape index (κ2) is 2.10. The molecule has 0 fully saturated rings. The normalized spacial score (nSPS) is 13.4. The number of aromatic nitrogens is 1. The number of hydrogen-bond acceptors (Lipinski definition) is 2. The van der Waals surface area contributed by atoms with Crippen molar-refractivity contribution in [1.82, 2.24) is 4.37 Å². The second-order valence-corrected chi connectivity index (χ2v) is 3.85. The van der Waals surface area contributed by atoms with Gasteiger partial charge in [0.05, 0.1) is 1.37 Å². The van der Waals surface area contributed by atoms with Gasteiger partial charge in [-0.15, -0.1) is 0 Å².